The fraction of sp³-hybridized carbons (Fsp3) is 0.273. The van der Waals surface area contributed by atoms with Crippen LogP contribution in [0.1, 0.15) is 46.8 Å². The van der Waals surface area contributed by atoms with Crippen molar-refractivity contribution in [3.8, 4) is 0 Å². The highest BCUT2D eigenvalue weighted by Gasteiger charge is 2.45. The number of rotatable bonds is 6. The molecule has 1 amide bonds. The summed E-state index contributed by atoms with van der Waals surface area (Å²) >= 11 is 4.90. The van der Waals surface area contributed by atoms with Crippen LogP contribution in [0.4, 0.5) is 0 Å². The van der Waals surface area contributed by atoms with E-state index in [9.17, 15) is 14.7 Å². The Bertz CT molecular complexity index is 1140. The lowest BCUT2D eigenvalue weighted by Gasteiger charge is -2.26. The molecule has 1 atom stereocenters. The van der Waals surface area contributed by atoms with Crippen LogP contribution in [0.15, 0.2) is 55.9 Å². The predicted octanol–water partition coefficient (Wildman–Crippen LogP) is 5.94. The van der Waals surface area contributed by atoms with E-state index >= 15 is 0 Å². The summed E-state index contributed by atoms with van der Waals surface area (Å²) in [6.45, 7) is 4.47. The summed E-state index contributed by atoms with van der Waals surface area (Å²) in [4.78, 5) is 28.7. The molecule has 0 spiro atoms. The Labute approximate surface area is 180 Å². The summed E-state index contributed by atoms with van der Waals surface area (Å²) in [5.74, 6) is -1.33. The minimum absolute atomic E-state index is 0.0924. The Morgan fingerprint density at radius 2 is 2.10 bits per heavy atom. The van der Waals surface area contributed by atoms with Crippen LogP contribution in [0.3, 0.4) is 0 Å². The Kier molecular flexibility index (Phi) is 5.36. The van der Waals surface area contributed by atoms with Gasteiger partial charge in [-0.3, -0.25) is 9.59 Å². The van der Waals surface area contributed by atoms with Crippen LogP contribution in [0, 0.1) is 6.92 Å². The van der Waals surface area contributed by atoms with E-state index in [0.29, 0.717) is 12.1 Å². The van der Waals surface area contributed by atoms with Crippen LogP contribution in [-0.4, -0.2) is 28.2 Å². The molecular weight excluding hydrogens is 454 g/mol. The number of nitrogens with zero attached hydrogens (tertiary/aromatic N) is 1. The zero-order valence-electron chi connectivity index (χ0n) is 16.1. The van der Waals surface area contributed by atoms with Crippen LogP contribution < -0.4 is 0 Å². The van der Waals surface area contributed by atoms with Crippen LogP contribution in [0.25, 0.3) is 11.0 Å². The summed E-state index contributed by atoms with van der Waals surface area (Å²) in [6, 6.07) is 8.48. The average molecular weight is 474 g/mol. The van der Waals surface area contributed by atoms with Crippen LogP contribution >= 0.6 is 27.3 Å². The van der Waals surface area contributed by atoms with Gasteiger partial charge in [0, 0.05) is 21.3 Å². The van der Waals surface area contributed by atoms with Crippen molar-refractivity contribution in [3.63, 3.8) is 0 Å². The molecule has 0 fully saturated rings. The second-order valence-corrected chi connectivity index (χ2v) is 8.97. The standard InChI is InChI=1S/C22H20BrNO4S/c1-3-4-8-24-18(21-12(2)7-9-29-21)17(20(26)22(24)27)19(25)16-11-13-10-14(23)5-6-15(13)28-16/h5-7,9-11,18,26H,3-4,8H2,1-2H3. The molecule has 0 bridgehead atoms. The molecule has 0 saturated carbocycles. The molecule has 3 heterocycles. The molecule has 1 aliphatic heterocycles. The van der Waals surface area contributed by atoms with Gasteiger partial charge in [-0.2, -0.15) is 0 Å². The van der Waals surface area contributed by atoms with Crippen LogP contribution in [0.2, 0.25) is 0 Å². The molecule has 1 unspecified atom stereocenters. The van der Waals surface area contributed by atoms with E-state index in [1.54, 1.807) is 17.0 Å². The van der Waals surface area contributed by atoms with Crippen molar-refractivity contribution in [3.05, 3.63) is 67.7 Å². The molecule has 7 heteroatoms. The zero-order valence-corrected chi connectivity index (χ0v) is 18.5. The van der Waals surface area contributed by atoms with E-state index in [-0.39, 0.29) is 11.3 Å². The number of unbranched alkanes of at least 4 members (excludes halogenated alkanes) is 1. The van der Waals surface area contributed by atoms with E-state index in [0.717, 1.165) is 33.1 Å². The molecule has 0 aliphatic carbocycles. The number of aliphatic hydroxyl groups is 1. The molecule has 4 rings (SSSR count). The van der Waals surface area contributed by atoms with Gasteiger partial charge < -0.3 is 14.4 Å². The summed E-state index contributed by atoms with van der Waals surface area (Å²) in [5, 5.41) is 13.4. The first-order valence-corrected chi connectivity index (χ1v) is 11.1. The maximum absolute atomic E-state index is 13.4. The average Bonchev–Trinajstić information content (AvgIpc) is 3.37. The van der Waals surface area contributed by atoms with Gasteiger partial charge in [-0.1, -0.05) is 29.3 Å². The van der Waals surface area contributed by atoms with Crippen molar-refractivity contribution in [2.45, 2.75) is 32.7 Å². The van der Waals surface area contributed by atoms with Crippen molar-refractivity contribution < 1.29 is 19.1 Å². The number of thiophene rings is 1. The number of furan rings is 1. The van der Waals surface area contributed by atoms with Gasteiger partial charge in [0.15, 0.2) is 11.5 Å². The van der Waals surface area contributed by atoms with Gasteiger partial charge in [-0.25, -0.2) is 0 Å². The third-order valence-electron chi connectivity index (χ3n) is 5.15. The molecule has 0 saturated heterocycles. The van der Waals surface area contributed by atoms with Crippen molar-refractivity contribution in [1.82, 2.24) is 4.90 Å². The number of fused-ring (bicyclic) bond motifs is 1. The van der Waals surface area contributed by atoms with Crippen molar-refractivity contribution in [2.24, 2.45) is 0 Å². The predicted molar refractivity (Wildman–Crippen MR) is 116 cm³/mol. The molecule has 2 aromatic heterocycles. The van der Waals surface area contributed by atoms with Gasteiger partial charge in [0.2, 0.25) is 5.78 Å². The highest BCUT2D eigenvalue weighted by molar-refractivity contribution is 9.10. The highest BCUT2D eigenvalue weighted by Crippen LogP contribution is 2.42. The Morgan fingerprint density at radius 3 is 2.79 bits per heavy atom. The smallest absolute Gasteiger partial charge is 0.290 e. The number of amides is 1. The van der Waals surface area contributed by atoms with Gasteiger partial charge >= 0.3 is 0 Å². The lowest BCUT2D eigenvalue weighted by atomic mass is 9.98. The molecule has 1 N–H and O–H groups in total. The van der Waals surface area contributed by atoms with E-state index in [1.807, 2.05) is 37.4 Å². The quantitative estimate of drug-likeness (QED) is 0.449. The summed E-state index contributed by atoms with van der Waals surface area (Å²) < 4.78 is 6.63. The zero-order chi connectivity index (χ0) is 20.7. The molecule has 29 heavy (non-hydrogen) atoms. The number of hydrogen-bond acceptors (Lipinski definition) is 5. The van der Waals surface area contributed by atoms with Crippen LogP contribution in [0.5, 0.6) is 0 Å². The first kappa shape index (κ1) is 19.9. The number of aryl methyl sites for hydroxylation is 1. The maximum Gasteiger partial charge on any atom is 0.290 e. The Hall–Kier alpha value is -2.38. The summed E-state index contributed by atoms with van der Waals surface area (Å²) in [7, 11) is 0. The number of ketones is 1. The number of aliphatic hydroxyl groups excluding tert-OH is 1. The van der Waals surface area contributed by atoms with Crippen molar-refractivity contribution >= 4 is 49.9 Å². The minimum atomic E-state index is -0.596. The van der Waals surface area contributed by atoms with Crippen LogP contribution in [-0.2, 0) is 4.79 Å². The molecule has 0 radical (unpaired) electrons. The van der Waals surface area contributed by atoms with Gasteiger partial charge in [0.1, 0.15) is 5.58 Å². The highest BCUT2D eigenvalue weighted by atomic mass is 79.9. The monoisotopic (exact) mass is 473 g/mol. The van der Waals surface area contributed by atoms with E-state index in [1.165, 1.54) is 11.3 Å². The number of benzene rings is 1. The lowest BCUT2D eigenvalue weighted by molar-refractivity contribution is -0.129. The number of carbonyl (C=O) groups is 2. The molecule has 1 aromatic carbocycles. The van der Waals surface area contributed by atoms with Gasteiger partial charge in [-0.15, -0.1) is 11.3 Å². The Balaban J connectivity index is 1.80. The first-order valence-electron chi connectivity index (χ1n) is 9.44. The summed E-state index contributed by atoms with van der Waals surface area (Å²) in [5.41, 5.74) is 1.66. The fourth-order valence-electron chi connectivity index (χ4n) is 3.64. The third kappa shape index (κ3) is 3.42. The summed E-state index contributed by atoms with van der Waals surface area (Å²) in [6.07, 6.45) is 1.70. The topological polar surface area (TPSA) is 70.8 Å². The minimum Gasteiger partial charge on any atom is -0.503 e. The first-order chi connectivity index (χ1) is 13.9. The SMILES string of the molecule is CCCCN1C(=O)C(O)=C(C(=O)c2cc3cc(Br)ccc3o2)C1c1sccc1C. The van der Waals surface area contributed by atoms with E-state index in [2.05, 4.69) is 15.9 Å². The molecule has 3 aromatic rings. The van der Waals surface area contributed by atoms with Crippen molar-refractivity contribution in [2.75, 3.05) is 6.54 Å². The molecular formula is C22H20BrNO4S. The number of carbonyl (C=O) groups excluding carboxylic acids is 2. The molecule has 5 nitrogen and oxygen atoms in total. The maximum atomic E-state index is 13.4. The number of hydrogen-bond donors (Lipinski definition) is 1. The van der Waals surface area contributed by atoms with Crippen molar-refractivity contribution in [1.29, 1.82) is 0 Å². The Morgan fingerprint density at radius 1 is 1.31 bits per heavy atom. The third-order valence-corrected chi connectivity index (χ3v) is 6.72. The fourth-order valence-corrected chi connectivity index (χ4v) is 5.07. The second kappa shape index (κ2) is 7.80. The van der Waals surface area contributed by atoms with Gasteiger partial charge in [0.05, 0.1) is 11.6 Å². The normalized spacial score (nSPS) is 17.0. The van der Waals surface area contributed by atoms with E-state index in [4.69, 9.17) is 4.42 Å². The molecule has 1 aliphatic rings. The number of halogens is 1. The van der Waals surface area contributed by atoms with Gasteiger partial charge in [-0.05, 0) is 54.6 Å². The largest absolute Gasteiger partial charge is 0.503 e. The number of Topliss-reactive ketones (excluding diaryl/α,β-unsaturated/α-hetero) is 1. The van der Waals surface area contributed by atoms with Gasteiger partial charge in [0.25, 0.3) is 5.91 Å². The lowest BCUT2D eigenvalue weighted by Crippen LogP contribution is -2.32. The second-order valence-electron chi connectivity index (χ2n) is 7.11. The van der Waals surface area contributed by atoms with E-state index < -0.39 is 23.5 Å². The molecule has 150 valence electrons.